The number of benzene rings is 1. The Kier molecular flexibility index (Phi) is 5.31. The van der Waals surface area contributed by atoms with Gasteiger partial charge in [-0.2, -0.15) is 0 Å². The van der Waals surface area contributed by atoms with Crippen molar-refractivity contribution in [1.82, 2.24) is 9.38 Å². The molecule has 0 spiro atoms. The molecule has 6 nitrogen and oxygen atoms in total. The van der Waals surface area contributed by atoms with Gasteiger partial charge in [0.25, 0.3) is 5.56 Å². The van der Waals surface area contributed by atoms with Gasteiger partial charge in [0, 0.05) is 30.4 Å². The number of pyridine rings is 1. The molecule has 1 aromatic carbocycles. The summed E-state index contributed by atoms with van der Waals surface area (Å²) in [6.45, 7) is 4.08. The maximum Gasteiger partial charge on any atom is 0.258 e. The fourth-order valence-electron chi connectivity index (χ4n) is 2.60. The zero-order chi connectivity index (χ0) is 18.5. The Morgan fingerprint density at radius 3 is 2.88 bits per heavy atom. The average molecular weight is 351 g/mol. The smallest absolute Gasteiger partial charge is 0.258 e. The van der Waals surface area contributed by atoms with Crippen LogP contribution in [-0.4, -0.2) is 15.3 Å². The highest BCUT2D eigenvalue weighted by Crippen LogP contribution is 2.18. The van der Waals surface area contributed by atoms with Crippen LogP contribution in [-0.2, 0) is 11.4 Å². The molecule has 2 heterocycles. The molecule has 3 rings (SSSR count). The van der Waals surface area contributed by atoms with Crippen LogP contribution in [0.25, 0.3) is 5.65 Å². The van der Waals surface area contributed by atoms with Crippen LogP contribution < -0.4 is 15.6 Å². The van der Waals surface area contributed by atoms with E-state index in [0.717, 1.165) is 12.0 Å². The first kappa shape index (κ1) is 17.7. The van der Waals surface area contributed by atoms with Gasteiger partial charge in [0.2, 0.25) is 5.91 Å². The second-order valence-corrected chi connectivity index (χ2v) is 6.13. The van der Waals surface area contributed by atoms with Gasteiger partial charge in [-0.15, -0.1) is 0 Å². The molecule has 0 aliphatic rings. The Morgan fingerprint density at radius 2 is 2.08 bits per heavy atom. The second-order valence-electron chi connectivity index (χ2n) is 6.13. The lowest BCUT2D eigenvalue weighted by Gasteiger charge is -2.09. The number of anilines is 1. The molecule has 0 unspecified atom stereocenters. The summed E-state index contributed by atoms with van der Waals surface area (Å²) in [6.07, 6.45) is 2.99. The SMILES string of the molecule is CCCC(=O)Nc1cccc(OCc2cc(=O)n3ccc(C)cc3n2)c1. The fraction of sp³-hybridized carbons (Fsp3) is 0.250. The molecular weight excluding hydrogens is 330 g/mol. The van der Waals surface area contributed by atoms with E-state index in [9.17, 15) is 9.59 Å². The van der Waals surface area contributed by atoms with Crippen molar-refractivity contribution in [3.8, 4) is 5.75 Å². The number of aryl methyl sites for hydroxylation is 1. The summed E-state index contributed by atoms with van der Waals surface area (Å²) in [4.78, 5) is 28.3. The van der Waals surface area contributed by atoms with Gasteiger partial charge in [-0.1, -0.05) is 13.0 Å². The third kappa shape index (κ3) is 4.27. The fourth-order valence-corrected chi connectivity index (χ4v) is 2.60. The highest BCUT2D eigenvalue weighted by atomic mass is 16.5. The van der Waals surface area contributed by atoms with Gasteiger partial charge in [-0.3, -0.25) is 14.0 Å². The monoisotopic (exact) mass is 351 g/mol. The van der Waals surface area contributed by atoms with Crippen LogP contribution in [0.4, 0.5) is 5.69 Å². The molecular formula is C20H21N3O3. The van der Waals surface area contributed by atoms with E-state index in [2.05, 4.69) is 10.3 Å². The summed E-state index contributed by atoms with van der Waals surface area (Å²) < 4.78 is 7.25. The van der Waals surface area contributed by atoms with Crippen molar-refractivity contribution in [3.05, 3.63) is 70.3 Å². The number of carbonyl (C=O) groups excluding carboxylic acids is 1. The average Bonchev–Trinajstić information content (AvgIpc) is 2.60. The number of amides is 1. The summed E-state index contributed by atoms with van der Waals surface area (Å²) in [5.41, 5.74) is 2.72. The Balaban J connectivity index is 1.74. The lowest BCUT2D eigenvalue weighted by molar-refractivity contribution is -0.116. The van der Waals surface area contributed by atoms with Crippen LogP contribution in [0.5, 0.6) is 5.75 Å². The van der Waals surface area contributed by atoms with E-state index in [1.54, 1.807) is 18.3 Å². The topological polar surface area (TPSA) is 72.7 Å². The molecule has 0 atom stereocenters. The molecule has 26 heavy (non-hydrogen) atoms. The van der Waals surface area contributed by atoms with E-state index in [1.807, 2.05) is 38.1 Å². The molecule has 1 amide bonds. The Labute approximate surface area is 151 Å². The highest BCUT2D eigenvalue weighted by Gasteiger charge is 2.05. The van der Waals surface area contributed by atoms with E-state index >= 15 is 0 Å². The van der Waals surface area contributed by atoms with Crippen molar-refractivity contribution in [2.75, 3.05) is 5.32 Å². The van der Waals surface area contributed by atoms with Crippen LogP contribution in [0.3, 0.4) is 0 Å². The van der Waals surface area contributed by atoms with Crippen LogP contribution in [0.15, 0.2) is 53.5 Å². The number of hydrogen-bond donors (Lipinski definition) is 1. The predicted octanol–water partition coefficient (Wildman–Crippen LogP) is 3.32. The summed E-state index contributed by atoms with van der Waals surface area (Å²) in [5.74, 6) is 0.578. The molecule has 2 aromatic heterocycles. The van der Waals surface area contributed by atoms with Gasteiger partial charge < -0.3 is 10.1 Å². The highest BCUT2D eigenvalue weighted by molar-refractivity contribution is 5.90. The second kappa shape index (κ2) is 7.82. The summed E-state index contributed by atoms with van der Waals surface area (Å²) in [7, 11) is 0. The van der Waals surface area contributed by atoms with Gasteiger partial charge in [0.05, 0.1) is 5.69 Å². The molecule has 134 valence electrons. The summed E-state index contributed by atoms with van der Waals surface area (Å²) in [5, 5.41) is 2.83. The van der Waals surface area contributed by atoms with Crippen molar-refractivity contribution in [1.29, 1.82) is 0 Å². The number of fused-ring (bicyclic) bond motifs is 1. The number of ether oxygens (including phenoxy) is 1. The maximum atomic E-state index is 12.2. The van der Waals surface area contributed by atoms with Gasteiger partial charge in [-0.05, 0) is 43.2 Å². The molecule has 0 bridgehead atoms. The van der Waals surface area contributed by atoms with Crippen molar-refractivity contribution in [2.45, 2.75) is 33.3 Å². The van der Waals surface area contributed by atoms with Crippen LogP contribution >= 0.6 is 0 Å². The Bertz CT molecular complexity index is 995. The van der Waals surface area contributed by atoms with Crippen molar-refractivity contribution in [3.63, 3.8) is 0 Å². The maximum absolute atomic E-state index is 12.2. The summed E-state index contributed by atoms with van der Waals surface area (Å²) >= 11 is 0. The van der Waals surface area contributed by atoms with Crippen LogP contribution in [0, 0.1) is 6.92 Å². The van der Waals surface area contributed by atoms with Crippen LogP contribution in [0.2, 0.25) is 0 Å². The Morgan fingerprint density at radius 1 is 1.23 bits per heavy atom. The number of aromatic nitrogens is 2. The number of carbonyl (C=O) groups is 1. The number of nitrogens with zero attached hydrogens (tertiary/aromatic N) is 2. The molecule has 0 radical (unpaired) electrons. The first-order valence-corrected chi connectivity index (χ1v) is 8.57. The molecule has 6 heteroatoms. The van der Waals surface area contributed by atoms with E-state index < -0.39 is 0 Å². The third-order valence-corrected chi connectivity index (χ3v) is 3.86. The van der Waals surface area contributed by atoms with Gasteiger partial charge in [0.15, 0.2) is 0 Å². The standard InChI is InChI=1S/C20H21N3O3/c1-3-5-19(24)22-15-6-4-7-17(11-15)26-13-16-12-20(25)23-9-8-14(2)10-18(23)21-16/h4,6-12H,3,5,13H2,1-2H3,(H,22,24). The minimum absolute atomic E-state index is 0.0239. The first-order chi connectivity index (χ1) is 12.5. The zero-order valence-electron chi connectivity index (χ0n) is 14.9. The van der Waals surface area contributed by atoms with Crippen molar-refractivity contribution in [2.24, 2.45) is 0 Å². The zero-order valence-corrected chi connectivity index (χ0v) is 14.9. The molecule has 1 N–H and O–H groups in total. The van der Waals surface area contributed by atoms with Gasteiger partial charge >= 0.3 is 0 Å². The van der Waals surface area contributed by atoms with E-state index in [4.69, 9.17) is 4.74 Å². The van der Waals surface area contributed by atoms with Gasteiger partial charge in [0.1, 0.15) is 18.0 Å². The normalized spacial score (nSPS) is 10.7. The predicted molar refractivity (Wildman–Crippen MR) is 101 cm³/mol. The molecule has 0 aliphatic carbocycles. The quantitative estimate of drug-likeness (QED) is 0.739. The molecule has 3 aromatic rings. The summed E-state index contributed by atoms with van der Waals surface area (Å²) in [6, 6.07) is 12.4. The molecule has 0 aliphatic heterocycles. The lowest BCUT2D eigenvalue weighted by Crippen LogP contribution is -2.16. The number of hydrogen-bond acceptors (Lipinski definition) is 4. The van der Waals surface area contributed by atoms with Crippen molar-refractivity contribution >= 4 is 17.2 Å². The van der Waals surface area contributed by atoms with E-state index in [0.29, 0.717) is 29.2 Å². The molecule has 0 saturated heterocycles. The molecule has 0 fully saturated rings. The lowest BCUT2D eigenvalue weighted by atomic mass is 10.2. The first-order valence-electron chi connectivity index (χ1n) is 8.57. The van der Waals surface area contributed by atoms with Gasteiger partial charge in [-0.25, -0.2) is 4.98 Å². The largest absolute Gasteiger partial charge is 0.487 e. The van der Waals surface area contributed by atoms with Crippen molar-refractivity contribution < 1.29 is 9.53 Å². The van der Waals surface area contributed by atoms with E-state index in [-0.39, 0.29) is 18.1 Å². The Hall–Kier alpha value is -3.15. The minimum Gasteiger partial charge on any atom is -0.487 e. The molecule has 0 saturated carbocycles. The van der Waals surface area contributed by atoms with E-state index in [1.165, 1.54) is 10.5 Å². The third-order valence-electron chi connectivity index (χ3n) is 3.86. The minimum atomic E-state index is -0.144. The number of rotatable bonds is 6. The van der Waals surface area contributed by atoms with Crippen LogP contribution in [0.1, 0.15) is 31.0 Å². The number of nitrogens with one attached hydrogen (secondary N) is 1.